The van der Waals surface area contributed by atoms with Crippen LogP contribution in [0.1, 0.15) is 52.8 Å². The van der Waals surface area contributed by atoms with Crippen molar-refractivity contribution in [3.8, 4) is 5.75 Å². The van der Waals surface area contributed by atoms with E-state index in [-0.39, 0.29) is 29.0 Å². The molecule has 0 saturated carbocycles. The molecule has 1 fully saturated rings. The number of pyridine rings is 1. The summed E-state index contributed by atoms with van der Waals surface area (Å²) in [6, 6.07) is 5.34. The highest BCUT2D eigenvalue weighted by Crippen LogP contribution is 2.34. The van der Waals surface area contributed by atoms with Gasteiger partial charge in [-0.15, -0.1) is 19.8 Å². The number of hydrogen-bond acceptors (Lipinski definition) is 6. The van der Waals surface area contributed by atoms with E-state index in [4.69, 9.17) is 11.5 Å². The predicted molar refractivity (Wildman–Crippen MR) is 126 cm³/mol. The number of carbonyl (C=O) groups excluding carboxylic acids is 1. The Balaban J connectivity index is 1.46. The van der Waals surface area contributed by atoms with Gasteiger partial charge in [0.1, 0.15) is 11.6 Å². The van der Waals surface area contributed by atoms with E-state index in [1.54, 1.807) is 11.1 Å². The molecule has 35 heavy (non-hydrogen) atoms. The van der Waals surface area contributed by atoms with Crippen LogP contribution < -0.4 is 16.2 Å². The van der Waals surface area contributed by atoms with E-state index in [0.29, 0.717) is 38.1 Å². The molecule has 1 atom stereocenters. The van der Waals surface area contributed by atoms with E-state index in [1.165, 1.54) is 6.07 Å². The number of nitrogen functional groups attached to an aromatic ring is 1. The second-order valence-electron chi connectivity index (χ2n) is 8.50. The van der Waals surface area contributed by atoms with Crippen LogP contribution in [0.15, 0.2) is 43.1 Å². The van der Waals surface area contributed by atoms with Crippen LogP contribution in [0.5, 0.6) is 5.75 Å². The Labute approximate surface area is 200 Å². The number of carbonyl (C=O) groups is 1. The van der Waals surface area contributed by atoms with Crippen LogP contribution in [-0.2, 0) is 0 Å². The number of nitrogens with zero attached hydrogens (tertiary/aromatic N) is 3. The topological polar surface area (TPSA) is 123 Å². The van der Waals surface area contributed by atoms with Crippen molar-refractivity contribution < 1.29 is 22.7 Å². The van der Waals surface area contributed by atoms with Gasteiger partial charge in [0.2, 0.25) is 0 Å². The average molecular weight is 489 g/mol. The first-order valence-corrected chi connectivity index (χ1v) is 11.3. The molecule has 1 aliphatic rings. The lowest BCUT2D eigenvalue weighted by Crippen LogP contribution is -2.38. The van der Waals surface area contributed by atoms with Crippen molar-refractivity contribution in [2.45, 2.75) is 37.5 Å². The number of fused-ring (bicyclic) bond motifs is 1. The smallest absolute Gasteiger partial charge is 0.406 e. The molecule has 0 aliphatic carbocycles. The standard InChI is InChI=1S/C24H27F3N6O2/c1-2-14(5-9-28)21-31-20-17(6-10-30-22(20)32-21)15-7-11-33(12-8-15)23(34)18-4-3-16(13-19(18)29)35-24(25,26)27/h2-4,6,10,13-15H,1,5,7-9,11-12,28-29H2,(H,30,31,32). The number of benzene rings is 1. The monoisotopic (exact) mass is 488 g/mol. The zero-order valence-electron chi connectivity index (χ0n) is 19.0. The molecule has 0 radical (unpaired) electrons. The largest absolute Gasteiger partial charge is 0.573 e. The van der Waals surface area contributed by atoms with Gasteiger partial charge in [-0.2, -0.15) is 0 Å². The minimum Gasteiger partial charge on any atom is -0.406 e. The van der Waals surface area contributed by atoms with Gasteiger partial charge in [-0.3, -0.25) is 4.79 Å². The van der Waals surface area contributed by atoms with Gasteiger partial charge < -0.3 is 26.1 Å². The van der Waals surface area contributed by atoms with Crippen LogP contribution in [0, 0.1) is 0 Å². The van der Waals surface area contributed by atoms with Crippen molar-refractivity contribution >= 4 is 22.8 Å². The molecule has 4 rings (SSSR count). The van der Waals surface area contributed by atoms with Gasteiger partial charge in [0.15, 0.2) is 5.65 Å². The predicted octanol–water partition coefficient (Wildman–Crippen LogP) is 4.08. The van der Waals surface area contributed by atoms with E-state index in [1.807, 2.05) is 12.1 Å². The number of likely N-dealkylation sites (tertiary alicyclic amines) is 1. The van der Waals surface area contributed by atoms with Crippen molar-refractivity contribution in [1.82, 2.24) is 19.9 Å². The Morgan fingerprint density at radius 1 is 1.31 bits per heavy atom. The summed E-state index contributed by atoms with van der Waals surface area (Å²) in [5.74, 6) is 0.200. The molecule has 0 bridgehead atoms. The number of ether oxygens (including phenoxy) is 1. The number of nitrogens with one attached hydrogen (secondary N) is 1. The Morgan fingerprint density at radius 3 is 2.69 bits per heavy atom. The quantitative estimate of drug-likeness (QED) is 0.340. The Kier molecular flexibility index (Phi) is 6.97. The molecule has 2 aromatic heterocycles. The van der Waals surface area contributed by atoms with E-state index >= 15 is 0 Å². The summed E-state index contributed by atoms with van der Waals surface area (Å²) in [6.45, 7) is 5.36. The van der Waals surface area contributed by atoms with E-state index in [2.05, 4.69) is 26.3 Å². The summed E-state index contributed by atoms with van der Waals surface area (Å²) in [5.41, 5.74) is 14.3. The number of halogens is 3. The van der Waals surface area contributed by atoms with Crippen LogP contribution in [-0.4, -0.2) is 51.8 Å². The molecule has 1 saturated heterocycles. The minimum absolute atomic E-state index is 0.0138. The number of piperidine rings is 1. The van der Waals surface area contributed by atoms with Gasteiger partial charge in [-0.05, 0) is 55.5 Å². The van der Waals surface area contributed by atoms with E-state index in [0.717, 1.165) is 35.5 Å². The highest BCUT2D eigenvalue weighted by molar-refractivity contribution is 5.99. The summed E-state index contributed by atoms with van der Waals surface area (Å²) < 4.78 is 41.2. The molecule has 11 heteroatoms. The Hall–Kier alpha value is -3.60. The molecule has 1 unspecified atom stereocenters. The molecule has 8 nitrogen and oxygen atoms in total. The highest BCUT2D eigenvalue weighted by atomic mass is 19.4. The summed E-state index contributed by atoms with van der Waals surface area (Å²) in [6.07, 6.45) is 0.874. The summed E-state index contributed by atoms with van der Waals surface area (Å²) in [4.78, 5) is 27.1. The number of aromatic amines is 1. The number of alkyl halides is 3. The van der Waals surface area contributed by atoms with Crippen LogP contribution >= 0.6 is 0 Å². The molecule has 1 aromatic carbocycles. The lowest BCUT2D eigenvalue weighted by molar-refractivity contribution is -0.274. The van der Waals surface area contributed by atoms with Crippen LogP contribution in [0.3, 0.4) is 0 Å². The Bertz CT molecular complexity index is 1220. The molecular weight excluding hydrogens is 461 g/mol. The zero-order chi connectivity index (χ0) is 25.2. The third-order valence-corrected chi connectivity index (χ3v) is 6.27. The number of H-pyrrole nitrogens is 1. The molecule has 3 heterocycles. The Morgan fingerprint density at radius 2 is 2.06 bits per heavy atom. The first-order chi connectivity index (χ1) is 16.7. The number of allylic oxidation sites excluding steroid dienone is 1. The number of anilines is 1. The van der Waals surface area contributed by atoms with Crippen molar-refractivity contribution in [2.75, 3.05) is 25.4 Å². The molecular formula is C24H27F3N6O2. The van der Waals surface area contributed by atoms with Gasteiger partial charge >= 0.3 is 6.36 Å². The fraction of sp³-hybridized carbons (Fsp3) is 0.375. The fourth-order valence-electron chi connectivity index (χ4n) is 4.51. The molecule has 1 amide bonds. The van der Waals surface area contributed by atoms with Crippen molar-refractivity contribution in [3.05, 3.63) is 60.1 Å². The molecule has 3 aromatic rings. The van der Waals surface area contributed by atoms with Crippen LogP contribution in [0.4, 0.5) is 18.9 Å². The van der Waals surface area contributed by atoms with Crippen LogP contribution in [0.2, 0.25) is 0 Å². The maximum atomic E-state index is 13.0. The third-order valence-electron chi connectivity index (χ3n) is 6.27. The van der Waals surface area contributed by atoms with Gasteiger partial charge in [-0.25, -0.2) is 9.97 Å². The van der Waals surface area contributed by atoms with Gasteiger partial charge in [0.25, 0.3) is 5.91 Å². The third kappa shape index (κ3) is 5.40. The summed E-state index contributed by atoms with van der Waals surface area (Å²) in [7, 11) is 0. The minimum atomic E-state index is -4.83. The van der Waals surface area contributed by atoms with Gasteiger partial charge in [0, 0.05) is 37.0 Å². The van der Waals surface area contributed by atoms with E-state index < -0.39 is 12.1 Å². The van der Waals surface area contributed by atoms with Crippen molar-refractivity contribution in [1.29, 1.82) is 0 Å². The first-order valence-electron chi connectivity index (χ1n) is 11.3. The molecule has 186 valence electrons. The first kappa shape index (κ1) is 24.5. The number of rotatable bonds is 7. The lowest BCUT2D eigenvalue weighted by Gasteiger charge is -2.32. The summed E-state index contributed by atoms with van der Waals surface area (Å²) >= 11 is 0. The van der Waals surface area contributed by atoms with E-state index in [9.17, 15) is 18.0 Å². The van der Waals surface area contributed by atoms with Gasteiger partial charge in [-0.1, -0.05) is 6.08 Å². The van der Waals surface area contributed by atoms with Crippen molar-refractivity contribution in [2.24, 2.45) is 5.73 Å². The number of amides is 1. The maximum Gasteiger partial charge on any atom is 0.573 e. The highest BCUT2D eigenvalue weighted by Gasteiger charge is 2.32. The molecule has 0 spiro atoms. The number of nitrogens with two attached hydrogens (primary N) is 2. The second kappa shape index (κ2) is 9.95. The maximum absolute atomic E-state index is 13.0. The normalized spacial score (nSPS) is 15.8. The zero-order valence-corrected chi connectivity index (χ0v) is 19.0. The summed E-state index contributed by atoms with van der Waals surface area (Å²) in [5, 5.41) is 0. The second-order valence-corrected chi connectivity index (χ2v) is 8.50. The van der Waals surface area contributed by atoms with Crippen molar-refractivity contribution in [3.63, 3.8) is 0 Å². The molecule has 1 aliphatic heterocycles. The SMILES string of the molecule is C=CC(CCN)c1nc2nccc(C3CCN(C(=O)c4ccc(OC(F)(F)F)cc4N)CC3)c2[nH]1. The molecule has 5 N–H and O–H groups in total. The number of hydrogen-bond donors (Lipinski definition) is 3. The van der Waals surface area contributed by atoms with Gasteiger partial charge in [0.05, 0.1) is 11.1 Å². The van der Waals surface area contributed by atoms with Crippen LogP contribution in [0.25, 0.3) is 11.2 Å². The average Bonchev–Trinajstić information content (AvgIpc) is 3.25. The number of aromatic nitrogens is 3. The fourth-order valence-corrected chi connectivity index (χ4v) is 4.51. The lowest BCUT2D eigenvalue weighted by atomic mass is 9.89. The number of imidazole rings is 1.